The van der Waals surface area contributed by atoms with Crippen LogP contribution in [0, 0.1) is 38.7 Å². The van der Waals surface area contributed by atoms with Crippen molar-refractivity contribution in [2.75, 3.05) is 12.4 Å². The number of hydrogen-bond acceptors (Lipinski definition) is 31. The van der Waals surface area contributed by atoms with Crippen molar-refractivity contribution in [3.8, 4) is 6.07 Å². The Labute approximate surface area is 794 Å². The van der Waals surface area contributed by atoms with Crippen molar-refractivity contribution < 1.29 is 18.4 Å². The fourth-order valence-electron chi connectivity index (χ4n) is 14.7. The third-order valence-electron chi connectivity index (χ3n) is 21.3. The van der Waals surface area contributed by atoms with E-state index in [-0.39, 0.29) is 68.6 Å². The van der Waals surface area contributed by atoms with E-state index in [1.54, 1.807) is 71.8 Å². The molecule has 0 aliphatic heterocycles. The summed E-state index contributed by atoms with van der Waals surface area (Å²) in [7, 11) is 7.71. The van der Waals surface area contributed by atoms with E-state index in [0.717, 1.165) is 121 Å². The van der Waals surface area contributed by atoms with Gasteiger partial charge in [0.2, 0.25) is 16.2 Å². The van der Waals surface area contributed by atoms with Gasteiger partial charge in [-0.25, -0.2) is 24.0 Å². The first-order valence-corrected chi connectivity index (χ1v) is 47.2. The number of aryl methyl sites for hydroxylation is 10. The lowest BCUT2D eigenvalue weighted by molar-refractivity contribution is 0.0527. The Morgan fingerprint density at radius 2 is 0.956 bits per heavy atom. The van der Waals surface area contributed by atoms with Gasteiger partial charge in [0, 0.05) is 111 Å². The highest BCUT2D eigenvalue weighted by Crippen LogP contribution is 2.45. The zero-order valence-corrected chi connectivity index (χ0v) is 86.8. The molecule has 0 atom stereocenters. The smallest absolute Gasteiger partial charge is 0.342 e. The van der Waals surface area contributed by atoms with Crippen LogP contribution >= 0.6 is 23.1 Å². The van der Waals surface area contributed by atoms with Crippen molar-refractivity contribution in [1.29, 1.82) is 5.26 Å². The highest BCUT2D eigenvalue weighted by atomic mass is 32.2. The van der Waals surface area contributed by atoms with E-state index in [0.29, 0.717) is 80.4 Å². The molecule has 0 aliphatic carbocycles. The van der Waals surface area contributed by atoms with Crippen molar-refractivity contribution in [2.24, 2.45) is 79.3 Å². The number of nitrogens with zero attached hydrogens (tertiary/aromatic N) is 38. The molecule has 0 unspecified atom stereocenters. The average molecular weight is 1880 g/mol. The zero-order chi connectivity index (χ0) is 99.7. The lowest BCUT2D eigenvalue weighted by Crippen LogP contribution is -2.13. The number of aromatic nitrogens is 26. The van der Waals surface area contributed by atoms with Crippen LogP contribution in [0.1, 0.15) is 327 Å². The topological polar surface area (TPSA) is 441 Å². The molecule has 0 fully saturated rings. The number of carbonyl (C=O) groups excluding carboxylic acids is 1. The van der Waals surface area contributed by atoms with E-state index in [1.165, 1.54) is 17.6 Å². The molecule has 42 nitrogen and oxygen atoms in total. The highest BCUT2D eigenvalue weighted by Gasteiger charge is 2.36. The number of hydrogen-bond donors (Lipinski definition) is 0. The molecule has 15 aromatic heterocycles. The number of oxazole rings is 1. The summed E-state index contributed by atoms with van der Waals surface area (Å²) in [6, 6.07) is 4.05. The van der Waals surface area contributed by atoms with Crippen LogP contribution in [0.5, 0.6) is 0 Å². The van der Waals surface area contributed by atoms with Crippen LogP contribution in [-0.2, 0) is 79.6 Å². The Hall–Kier alpha value is -13.3. The maximum absolute atomic E-state index is 12.3. The van der Waals surface area contributed by atoms with Crippen LogP contribution in [-0.4, -0.2) is 145 Å². The quantitative estimate of drug-likeness (QED) is 0.0263. The molecule has 15 aromatic rings. The van der Waals surface area contributed by atoms with Gasteiger partial charge in [-0.3, -0.25) is 0 Å². The first-order chi connectivity index (χ1) is 63.3. The number of esters is 1. The molecular weight excluding hydrogens is 1750 g/mol. The lowest BCUT2D eigenvalue weighted by atomic mass is 9.91. The van der Waals surface area contributed by atoms with Crippen LogP contribution in [0.4, 0.5) is 62.9 Å². The standard InChI is InChI=1S/C21H31N7O2.C19H31N9S.C18H23N7O.C17H22N8S.C16H23N7O/c1-9-27-17(13(3)4)25-28-19(27)15(16(24-28)21(5,6)7)22-23-18-14(11-12-26(18)8)20(29)30-10-2;1-9-26-16-13(21-22-17-20-18(29-11-3)25-27(17)10-2)14(19(6,7)8)23-28(16)15(24-26)12(4)5;1-10(2)15-23-25-17(24(15)8)13(14(22-25)18(4,5)6)20-21-16-12(19-7)11(3)9-26-16;1-9(2)14-23-25-15(24(14)7)12(13(22-25)17(4,5)6)20-21-16-19-10(3)11(8-18)26-16;1-9(2)13-21-23-14(22(13)7)11(12(20-23)16(4,5)6)18-19-15-17-8-10(3)24-15/h11-13H,9-10H2,1-8H3;12H,9-11H2,1-8H3;9-10H,1-6,8H3;9H,1-7H3;8-9H,1-7H3. The van der Waals surface area contributed by atoms with Crippen LogP contribution in [0.15, 0.2) is 89.9 Å². The summed E-state index contributed by atoms with van der Waals surface area (Å²) in [5.74, 6) is 8.33. The molecule has 0 N–H and O–H groups in total. The predicted molar refractivity (Wildman–Crippen MR) is 520 cm³/mol. The summed E-state index contributed by atoms with van der Waals surface area (Å²) in [5.41, 5.74) is 12.8. The average Bonchev–Trinajstić information content (AvgIpc) is 1.60. The third kappa shape index (κ3) is 21.6. The molecule has 0 spiro atoms. The minimum Gasteiger partial charge on any atom is -0.462 e. The van der Waals surface area contributed by atoms with Gasteiger partial charge >= 0.3 is 12.0 Å². The molecule has 15 rings (SSSR count). The minimum absolute atomic E-state index is 0.186. The summed E-state index contributed by atoms with van der Waals surface area (Å²) < 4.78 is 38.0. The molecule has 0 radical (unpaired) electrons. The summed E-state index contributed by atoms with van der Waals surface area (Å²) in [6.07, 6.45) is 4.90. The van der Waals surface area contributed by atoms with Crippen molar-refractivity contribution >= 4 is 120 Å². The van der Waals surface area contributed by atoms with Gasteiger partial charge in [-0.2, -0.15) is 50.3 Å². The Bertz CT molecular complexity index is 7020. The second-order valence-electron chi connectivity index (χ2n) is 39.3. The molecule has 135 heavy (non-hydrogen) atoms. The number of fused-ring (bicyclic) bond motifs is 5. The highest BCUT2D eigenvalue weighted by molar-refractivity contribution is 7.99. The van der Waals surface area contributed by atoms with Gasteiger partial charge in [-0.05, 0) is 65.8 Å². The molecule has 0 aromatic carbocycles. The fraction of sp³-hybridized carbons (Fsp3) is 0.571. The summed E-state index contributed by atoms with van der Waals surface area (Å²) in [5, 5.41) is 106. The van der Waals surface area contributed by atoms with E-state index in [1.807, 2.05) is 71.9 Å². The van der Waals surface area contributed by atoms with Crippen molar-refractivity contribution in [1.82, 2.24) is 126 Å². The number of ether oxygens (including phenoxy) is 1. The van der Waals surface area contributed by atoms with E-state index >= 15 is 0 Å². The number of nitriles is 1. The zero-order valence-electron chi connectivity index (χ0n) is 85.2. The van der Waals surface area contributed by atoms with Gasteiger partial charge in [0.1, 0.15) is 45.6 Å². The SMILES string of the molecule is CCOC(=O)c1ccn(C)c1N=Nc1c(C(C)(C)C)nn2nc(C(C)C)n(CC)c12.CCSc1nc(N=Nc2c(C(C)(C)C)nn3c(C(C)C)nn(CC)c23)n(CC)n1.Cc1cnc(N=Nc2c(C(C)(C)C)nn3nc(C(C)C)n(C)c23)o1.Cc1nc(N=Nc2c(C(C)(C)C)nn3nc(C(C)C)n(C)c23)sc1C#N.[C-]#[N+]c1c(C)coc1N=Nc1c(C(C)(C)C)nn2nc(C(C)C)n(C)c12. The summed E-state index contributed by atoms with van der Waals surface area (Å²) in [6.45, 7) is 77.6. The maximum atomic E-state index is 12.3. The van der Waals surface area contributed by atoms with Gasteiger partial charge in [-0.15, -0.1) is 90.0 Å². The van der Waals surface area contributed by atoms with Crippen LogP contribution in [0.3, 0.4) is 0 Å². The Balaban J connectivity index is 0.000000163. The second kappa shape index (κ2) is 40.5. The maximum Gasteiger partial charge on any atom is 0.342 e. The molecule has 0 amide bonds. The largest absolute Gasteiger partial charge is 0.462 e. The number of thiazole rings is 1. The predicted octanol–water partition coefficient (Wildman–Crippen LogP) is 24.1. The number of rotatable bonds is 22. The number of carbonyl (C=O) groups is 1. The van der Waals surface area contributed by atoms with Gasteiger partial charge in [-0.1, -0.05) is 208 Å². The molecule has 44 heteroatoms. The van der Waals surface area contributed by atoms with Crippen molar-refractivity contribution in [3.63, 3.8) is 0 Å². The molecule has 0 bridgehead atoms. The van der Waals surface area contributed by atoms with Crippen molar-refractivity contribution in [2.45, 2.75) is 310 Å². The molecule has 0 saturated carbocycles. The van der Waals surface area contributed by atoms with Gasteiger partial charge in [0.25, 0.3) is 11.6 Å². The first-order valence-electron chi connectivity index (χ1n) is 45.4. The monoisotopic (exact) mass is 1880 g/mol. The van der Waals surface area contributed by atoms with Crippen LogP contribution in [0.25, 0.3) is 33.1 Å². The van der Waals surface area contributed by atoms with E-state index in [2.05, 4.69) is 311 Å². The third-order valence-corrected chi connectivity index (χ3v) is 23.0. The normalized spacial score (nSPS) is 12.7. The van der Waals surface area contributed by atoms with E-state index < -0.39 is 5.97 Å². The van der Waals surface area contributed by atoms with E-state index in [9.17, 15) is 4.79 Å². The Morgan fingerprint density at radius 1 is 0.519 bits per heavy atom. The number of azo groups is 5. The Morgan fingerprint density at radius 3 is 1.38 bits per heavy atom. The summed E-state index contributed by atoms with van der Waals surface area (Å²) >= 11 is 2.83. The minimum atomic E-state index is -0.413. The van der Waals surface area contributed by atoms with Gasteiger partial charge < -0.3 is 36.4 Å². The second-order valence-corrected chi connectivity index (χ2v) is 41.5. The lowest BCUT2D eigenvalue weighted by Gasteiger charge is -2.16. The summed E-state index contributed by atoms with van der Waals surface area (Å²) in [4.78, 5) is 29.2. The molecular formula is C91H130N38O4S2. The van der Waals surface area contributed by atoms with Crippen LogP contribution in [0.2, 0.25) is 0 Å². The number of thioether (sulfide) groups is 1. The molecule has 0 saturated heterocycles. The first kappa shape index (κ1) is 102. The van der Waals surface area contributed by atoms with Crippen LogP contribution < -0.4 is 0 Å². The fourth-order valence-corrected chi connectivity index (χ4v) is 15.9. The van der Waals surface area contributed by atoms with E-state index in [4.69, 9.17) is 45.8 Å². The number of furan rings is 1. The molecule has 0 aliphatic rings. The van der Waals surface area contributed by atoms with Gasteiger partial charge in [0.05, 0.1) is 59.8 Å². The van der Waals surface area contributed by atoms with Gasteiger partial charge in [0.15, 0.2) is 68.3 Å². The Kier molecular flexibility index (Phi) is 30.7. The molecule has 15 heterocycles. The van der Waals surface area contributed by atoms with Crippen molar-refractivity contribution in [3.05, 3.63) is 121 Å². The molecule has 720 valence electrons.